The molecule has 2 amide bonds. The van der Waals surface area contributed by atoms with Crippen molar-refractivity contribution in [2.75, 3.05) is 6.54 Å². The van der Waals surface area contributed by atoms with Crippen LogP contribution >= 0.6 is 0 Å². The fourth-order valence-corrected chi connectivity index (χ4v) is 1.36. The highest BCUT2D eigenvalue weighted by Crippen LogP contribution is 2.10. The first-order chi connectivity index (χ1) is 9.15. The fourth-order valence-electron chi connectivity index (χ4n) is 1.36. The molecule has 0 aromatic rings. The van der Waals surface area contributed by atoms with Crippen molar-refractivity contribution >= 4 is 18.0 Å². The molecule has 0 bridgehead atoms. The summed E-state index contributed by atoms with van der Waals surface area (Å²) in [5.41, 5.74) is -0.609. The van der Waals surface area contributed by atoms with Crippen LogP contribution in [-0.2, 0) is 14.3 Å². The molecule has 0 aliphatic rings. The van der Waals surface area contributed by atoms with Crippen molar-refractivity contribution in [1.29, 1.82) is 0 Å². The lowest BCUT2D eigenvalue weighted by atomic mass is 10.1. The van der Waals surface area contributed by atoms with E-state index in [1.807, 2.05) is 6.92 Å². The van der Waals surface area contributed by atoms with E-state index >= 15 is 0 Å². The number of nitrogens with one attached hydrogen (secondary N) is 2. The van der Waals surface area contributed by atoms with Crippen LogP contribution < -0.4 is 10.6 Å². The maximum atomic E-state index is 11.5. The van der Waals surface area contributed by atoms with Crippen molar-refractivity contribution in [1.82, 2.24) is 10.6 Å². The van der Waals surface area contributed by atoms with E-state index in [4.69, 9.17) is 9.84 Å². The number of rotatable bonds is 7. The standard InChI is InChI=1S/C13H24N2O5/c1-5-8-14-12(19)15-9(11(17)18)6-7-10(16)20-13(2,3)4/h9H,5-8H2,1-4H3,(H,17,18)(H2,14,15,19)/t9-/m1/s1. The molecule has 0 aromatic carbocycles. The predicted octanol–water partition coefficient (Wildman–Crippen LogP) is 1.27. The van der Waals surface area contributed by atoms with Crippen LogP contribution in [-0.4, -0.2) is 41.3 Å². The number of carbonyl (C=O) groups is 3. The molecule has 3 N–H and O–H groups in total. The highest BCUT2D eigenvalue weighted by Gasteiger charge is 2.23. The van der Waals surface area contributed by atoms with Gasteiger partial charge in [-0.3, -0.25) is 4.79 Å². The Morgan fingerprint density at radius 1 is 1.25 bits per heavy atom. The molecule has 0 saturated carbocycles. The summed E-state index contributed by atoms with van der Waals surface area (Å²) in [7, 11) is 0. The summed E-state index contributed by atoms with van der Waals surface area (Å²) in [6.45, 7) is 7.55. The summed E-state index contributed by atoms with van der Waals surface area (Å²) in [6.07, 6.45) is 0.676. The van der Waals surface area contributed by atoms with Crippen molar-refractivity contribution in [3.63, 3.8) is 0 Å². The number of esters is 1. The second-order valence-corrected chi connectivity index (χ2v) is 5.42. The fraction of sp³-hybridized carbons (Fsp3) is 0.769. The SMILES string of the molecule is CCCNC(=O)N[C@H](CCC(=O)OC(C)(C)C)C(=O)O. The minimum absolute atomic E-state index is 0.0101. The van der Waals surface area contributed by atoms with Gasteiger partial charge in [0.15, 0.2) is 0 Å². The van der Waals surface area contributed by atoms with E-state index in [0.717, 1.165) is 6.42 Å². The smallest absolute Gasteiger partial charge is 0.326 e. The summed E-state index contributed by atoms with van der Waals surface area (Å²) < 4.78 is 5.08. The molecule has 0 unspecified atom stereocenters. The number of hydrogen-bond donors (Lipinski definition) is 3. The van der Waals surface area contributed by atoms with Gasteiger partial charge in [-0.1, -0.05) is 6.92 Å². The second kappa shape index (κ2) is 8.39. The van der Waals surface area contributed by atoms with Crippen molar-refractivity contribution < 1.29 is 24.2 Å². The molecule has 0 saturated heterocycles. The molecule has 0 aromatic heterocycles. The van der Waals surface area contributed by atoms with Crippen LogP contribution in [0.25, 0.3) is 0 Å². The molecular formula is C13H24N2O5. The molecule has 7 heteroatoms. The van der Waals surface area contributed by atoms with E-state index in [9.17, 15) is 14.4 Å². The largest absolute Gasteiger partial charge is 0.480 e. The average molecular weight is 288 g/mol. The topological polar surface area (TPSA) is 105 Å². The highest BCUT2D eigenvalue weighted by atomic mass is 16.6. The second-order valence-electron chi connectivity index (χ2n) is 5.42. The van der Waals surface area contributed by atoms with Gasteiger partial charge in [-0.15, -0.1) is 0 Å². The van der Waals surface area contributed by atoms with E-state index in [2.05, 4.69) is 10.6 Å². The zero-order valence-electron chi connectivity index (χ0n) is 12.5. The lowest BCUT2D eigenvalue weighted by Gasteiger charge is -2.20. The van der Waals surface area contributed by atoms with Gasteiger partial charge in [0.2, 0.25) is 0 Å². The summed E-state index contributed by atoms with van der Waals surface area (Å²) in [6, 6.07) is -1.66. The third-order valence-electron chi connectivity index (χ3n) is 2.20. The van der Waals surface area contributed by atoms with Crippen LogP contribution in [0, 0.1) is 0 Å². The van der Waals surface area contributed by atoms with Crippen molar-refractivity contribution in [2.45, 2.75) is 58.6 Å². The molecule has 0 rings (SSSR count). The van der Waals surface area contributed by atoms with E-state index in [0.29, 0.717) is 6.54 Å². The quantitative estimate of drug-likeness (QED) is 0.612. The first-order valence-corrected chi connectivity index (χ1v) is 6.64. The Balaban J connectivity index is 4.25. The first-order valence-electron chi connectivity index (χ1n) is 6.64. The molecule has 0 radical (unpaired) electrons. The Morgan fingerprint density at radius 3 is 2.30 bits per heavy atom. The number of ether oxygens (including phenoxy) is 1. The van der Waals surface area contributed by atoms with Gasteiger partial charge in [0, 0.05) is 13.0 Å². The molecular weight excluding hydrogens is 264 g/mol. The molecule has 7 nitrogen and oxygen atoms in total. The van der Waals surface area contributed by atoms with Gasteiger partial charge in [-0.2, -0.15) is 0 Å². The summed E-state index contributed by atoms with van der Waals surface area (Å²) >= 11 is 0. The van der Waals surface area contributed by atoms with Crippen LogP contribution in [0.4, 0.5) is 4.79 Å². The molecule has 0 heterocycles. The summed E-state index contributed by atoms with van der Waals surface area (Å²) in [5.74, 6) is -1.67. The zero-order chi connectivity index (χ0) is 15.8. The Kier molecular flexibility index (Phi) is 7.64. The third kappa shape index (κ3) is 9.18. The number of carboxylic acids is 1. The van der Waals surface area contributed by atoms with Gasteiger partial charge in [0.25, 0.3) is 0 Å². The molecule has 0 spiro atoms. The average Bonchev–Trinajstić information content (AvgIpc) is 2.29. The molecule has 20 heavy (non-hydrogen) atoms. The minimum atomic E-state index is -1.18. The van der Waals surface area contributed by atoms with E-state index in [1.54, 1.807) is 20.8 Å². The van der Waals surface area contributed by atoms with Gasteiger partial charge in [-0.25, -0.2) is 9.59 Å². The van der Waals surface area contributed by atoms with Crippen LogP contribution in [0.15, 0.2) is 0 Å². The van der Waals surface area contributed by atoms with Gasteiger partial charge < -0.3 is 20.5 Å². The molecule has 0 aliphatic carbocycles. The number of urea groups is 1. The number of aliphatic carboxylic acids is 1. The van der Waals surface area contributed by atoms with Gasteiger partial charge in [0.05, 0.1) is 0 Å². The highest BCUT2D eigenvalue weighted by molar-refractivity contribution is 5.83. The predicted molar refractivity (Wildman–Crippen MR) is 73.3 cm³/mol. The Bertz CT molecular complexity index is 349. The van der Waals surface area contributed by atoms with Crippen LogP contribution in [0.2, 0.25) is 0 Å². The van der Waals surface area contributed by atoms with Crippen molar-refractivity contribution in [3.05, 3.63) is 0 Å². The van der Waals surface area contributed by atoms with Gasteiger partial charge in [-0.05, 0) is 33.6 Å². The van der Waals surface area contributed by atoms with Gasteiger partial charge >= 0.3 is 18.0 Å². The lowest BCUT2D eigenvalue weighted by Crippen LogP contribution is -2.46. The maximum Gasteiger partial charge on any atom is 0.326 e. The summed E-state index contributed by atoms with van der Waals surface area (Å²) in [4.78, 5) is 33.9. The Labute approximate surface area is 119 Å². The van der Waals surface area contributed by atoms with Gasteiger partial charge in [0.1, 0.15) is 11.6 Å². The summed E-state index contributed by atoms with van der Waals surface area (Å²) in [5, 5.41) is 13.8. The molecule has 0 aliphatic heterocycles. The van der Waals surface area contributed by atoms with Crippen molar-refractivity contribution in [3.8, 4) is 0 Å². The van der Waals surface area contributed by atoms with E-state index in [-0.39, 0.29) is 12.8 Å². The van der Waals surface area contributed by atoms with Crippen LogP contribution in [0.3, 0.4) is 0 Å². The van der Waals surface area contributed by atoms with Crippen LogP contribution in [0.1, 0.15) is 47.0 Å². The molecule has 1 atom stereocenters. The number of carboxylic acid groups (broad SMARTS) is 1. The number of hydrogen-bond acceptors (Lipinski definition) is 4. The van der Waals surface area contributed by atoms with E-state index < -0.39 is 29.6 Å². The zero-order valence-corrected chi connectivity index (χ0v) is 12.5. The van der Waals surface area contributed by atoms with E-state index in [1.165, 1.54) is 0 Å². The first kappa shape index (κ1) is 18.2. The Hall–Kier alpha value is -1.79. The lowest BCUT2D eigenvalue weighted by molar-refractivity contribution is -0.155. The minimum Gasteiger partial charge on any atom is -0.480 e. The third-order valence-corrected chi connectivity index (χ3v) is 2.20. The monoisotopic (exact) mass is 288 g/mol. The van der Waals surface area contributed by atoms with Crippen molar-refractivity contribution in [2.24, 2.45) is 0 Å². The van der Waals surface area contributed by atoms with Crippen LogP contribution in [0.5, 0.6) is 0 Å². The maximum absolute atomic E-state index is 11.5. The normalized spacial score (nSPS) is 12.4. The Morgan fingerprint density at radius 2 is 1.85 bits per heavy atom. The molecule has 116 valence electrons. The number of amides is 2. The number of carbonyl (C=O) groups excluding carboxylic acids is 2. The molecule has 0 fully saturated rings.